The maximum atomic E-state index is 12.5. The Kier molecular flexibility index (Phi) is 3.65. The second-order valence-electron chi connectivity index (χ2n) is 5.24. The molecule has 0 radical (unpaired) electrons. The summed E-state index contributed by atoms with van der Waals surface area (Å²) in [7, 11) is 1.58. The van der Waals surface area contributed by atoms with Crippen LogP contribution < -0.4 is 16.0 Å². The van der Waals surface area contributed by atoms with E-state index in [1.165, 1.54) is 0 Å². The van der Waals surface area contributed by atoms with Crippen molar-refractivity contribution in [3.8, 4) is 0 Å². The first-order valence-electron chi connectivity index (χ1n) is 7.11. The highest BCUT2D eigenvalue weighted by Gasteiger charge is 2.31. The molecule has 2 aromatic carbocycles. The van der Waals surface area contributed by atoms with E-state index in [2.05, 4.69) is 5.32 Å². The molecule has 0 aromatic heterocycles. The van der Waals surface area contributed by atoms with Gasteiger partial charge in [-0.05, 0) is 42.3 Å². The van der Waals surface area contributed by atoms with Gasteiger partial charge < -0.3 is 11.1 Å². The van der Waals surface area contributed by atoms with Crippen LogP contribution in [0, 0.1) is 0 Å². The zero-order valence-corrected chi connectivity index (χ0v) is 12.2. The molecule has 112 valence electrons. The summed E-state index contributed by atoms with van der Waals surface area (Å²) in [4.78, 5) is 25.7. The highest BCUT2D eigenvalue weighted by atomic mass is 16.2. The molecule has 0 saturated carbocycles. The Morgan fingerprint density at radius 3 is 2.55 bits per heavy atom. The average molecular weight is 295 g/mol. The van der Waals surface area contributed by atoms with Crippen LogP contribution >= 0.6 is 0 Å². The minimum Gasteiger partial charge on any atom is -0.355 e. The predicted octanol–water partition coefficient (Wildman–Crippen LogP) is 1.59. The van der Waals surface area contributed by atoms with Crippen molar-refractivity contribution in [2.45, 2.75) is 12.5 Å². The number of nitrogens with two attached hydrogens (primary N) is 1. The lowest BCUT2D eigenvalue weighted by atomic mass is 9.97. The monoisotopic (exact) mass is 295 g/mol. The van der Waals surface area contributed by atoms with E-state index in [1.54, 1.807) is 36.2 Å². The van der Waals surface area contributed by atoms with Crippen molar-refractivity contribution >= 4 is 23.2 Å². The predicted molar refractivity (Wildman–Crippen MR) is 85.1 cm³/mol. The van der Waals surface area contributed by atoms with Gasteiger partial charge in [-0.2, -0.15) is 0 Å². The molecule has 0 bridgehead atoms. The van der Waals surface area contributed by atoms with E-state index < -0.39 is 6.04 Å². The van der Waals surface area contributed by atoms with Crippen molar-refractivity contribution in [3.63, 3.8) is 0 Å². The molecule has 1 heterocycles. The van der Waals surface area contributed by atoms with Crippen molar-refractivity contribution in [2.24, 2.45) is 5.73 Å². The third kappa shape index (κ3) is 2.35. The number of hydrogen-bond donors (Lipinski definition) is 2. The van der Waals surface area contributed by atoms with Gasteiger partial charge in [0.15, 0.2) is 0 Å². The van der Waals surface area contributed by atoms with Crippen LogP contribution in [-0.4, -0.2) is 24.9 Å². The molecule has 2 amide bonds. The van der Waals surface area contributed by atoms with Crippen molar-refractivity contribution in [1.82, 2.24) is 5.32 Å². The molecule has 1 aliphatic heterocycles. The number of amides is 2. The molecule has 2 aromatic rings. The summed E-state index contributed by atoms with van der Waals surface area (Å²) in [6.45, 7) is 0. The standard InChI is InChI=1S/C17H17N3O2/c1-19-16(21)11-6-8-13(9-7-11)20-15-5-3-2-4-12(15)10-14(18)17(20)22/h2-9,14H,10,18H2,1H3,(H,19,21). The molecule has 1 aliphatic rings. The summed E-state index contributed by atoms with van der Waals surface area (Å²) < 4.78 is 0. The minimum atomic E-state index is -0.548. The molecule has 22 heavy (non-hydrogen) atoms. The van der Waals surface area contributed by atoms with Crippen LogP contribution in [0.4, 0.5) is 11.4 Å². The first-order chi connectivity index (χ1) is 10.6. The maximum absolute atomic E-state index is 12.5. The van der Waals surface area contributed by atoms with E-state index in [0.29, 0.717) is 17.7 Å². The Balaban J connectivity index is 2.03. The van der Waals surface area contributed by atoms with Crippen LogP contribution in [0.3, 0.4) is 0 Å². The molecule has 0 spiro atoms. The first kappa shape index (κ1) is 14.3. The highest BCUT2D eigenvalue weighted by Crippen LogP contribution is 2.33. The molecule has 3 rings (SSSR count). The van der Waals surface area contributed by atoms with Crippen LogP contribution in [0.5, 0.6) is 0 Å². The fourth-order valence-corrected chi connectivity index (χ4v) is 2.68. The van der Waals surface area contributed by atoms with Gasteiger partial charge in [-0.15, -0.1) is 0 Å². The van der Waals surface area contributed by atoms with Gasteiger partial charge in [0.1, 0.15) is 0 Å². The maximum Gasteiger partial charge on any atom is 0.251 e. The summed E-state index contributed by atoms with van der Waals surface area (Å²) in [6.07, 6.45) is 0.543. The van der Waals surface area contributed by atoms with Gasteiger partial charge in [-0.1, -0.05) is 18.2 Å². The Labute approximate surface area is 128 Å². The van der Waals surface area contributed by atoms with Crippen LogP contribution in [0.25, 0.3) is 0 Å². The van der Waals surface area contributed by atoms with Crippen molar-refractivity contribution in [3.05, 3.63) is 59.7 Å². The van der Waals surface area contributed by atoms with E-state index in [-0.39, 0.29) is 11.8 Å². The lowest BCUT2D eigenvalue weighted by molar-refractivity contribution is -0.119. The van der Waals surface area contributed by atoms with Crippen molar-refractivity contribution < 1.29 is 9.59 Å². The normalized spacial score (nSPS) is 17.1. The summed E-state index contributed by atoms with van der Waals surface area (Å²) in [5, 5.41) is 2.57. The molecule has 1 atom stereocenters. The highest BCUT2D eigenvalue weighted by molar-refractivity contribution is 6.06. The number of anilines is 2. The molecule has 1 unspecified atom stereocenters. The Morgan fingerprint density at radius 1 is 1.18 bits per heavy atom. The van der Waals surface area contributed by atoms with Gasteiger partial charge in [-0.3, -0.25) is 14.5 Å². The molecular weight excluding hydrogens is 278 g/mol. The number of rotatable bonds is 2. The number of nitrogens with zero attached hydrogens (tertiary/aromatic N) is 1. The number of carbonyl (C=O) groups is 2. The number of carbonyl (C=O) groups excluding carboxylic acids is 2. The Bertz CT molecular complexity index is 725. The Hall–Kier alpha value is -2.66. The first-order valence-corrected chi connectivity index (χ1v) is 7.11. The Morgan fingerprint density at radius 2 is 1.86 bits per heavy atom. The molecule has 0 fully saturated rings. The summed E-state index contributed by atoms with van der Waals surface area (Å²) in [6, 6.07) is 14.1. The lowest BCUT2D eigenvalue weighted by Gasteiger charge is -2.32. The zero-order valence-electron chi connectivity index (χ0n) is 12.2. The van der Waals surface area contributed by atoms with Crippen LogP contribution in [0.15, 0.2) is 48.5 Å². The van der Waals surface area contributed by atoms with E-state index in [1.807, 2.05) is 24.3 Å². The van der Waals surface area contributed by atoms with Gasteiger partial charge >= 0.3 is 0 Å². The van der Waals surface area contributed by atoms with Gasteiger partial charge in [0.05, 0.1) is 11.7 Å². The minimum absolute atomic E-state index is 0.133. The number of hydrogen-bond acceptors (Lipinski definition) is 3. The molecule has 0 saturated heterocycles. The number of nitrogens with one attached hydrogen (secondary N) is 1. The topological polar surface area (TPSA) is 75.4 Å². The lowest BCUT2D eigenvalue weighted by Crippen LogP contribution is -2.46. The fraction of sp³-hybridized carbons (Fsp3) is 0.176. The van der Waals surface area contributed by atoms with Crippen LogP contribution in [0.2, 0.25) is 0 Å². The summed E-state index contributed by atoms with van der Waals surface area (Å²) >= 11 is 0. The average Bonchev–Trinajstić information content (AvgIpc) is 2.55. The molecule has 5 nitrogen and oxygen atoms in total. The fourth-order valence-electron chi connectivity index (χ4n) is 2.68. The zero-order chi connectivity index (χ0) is 15.7. The van der Waals surface area contributed by atoms with E-state index in [9.17, 15) is 9.59 Å². The quantitative estimate of drug-likeness (QED) is 0.883. The second-order valence-corrected chi connectivity index (χ2v) is 5.24. The third-order valence-corrected chi connectivity index (χ3v) is 3.82. The van der Waals surface area contributed by atoms with Gasteiger partial charge in [0.25, 0.3) is 5.91 Å². The number of para-hydroxylation sites is 1. The van der Waals surface area contributed by atoms with Gasteiger partial charge in [-0.25, -0.2) is 0 Å². The van der Waals surface area contributed by atoms with Crippen LogP contribution in [0.1, 0.15) is 15.9 Å². The van der Waals surface area contributed by atoms with Crippen molar-refractivity contribution in [1.29, 1.82) is 0 Å². The molecule has 3 N–H and O–H groups in total. The largest absolute Gasteiger partial charge is 0.355 e. The molecule has 5 heteroatoms. The summed E-state index contributed by atoms with van der Waals surface area (Å²) in [5.41, 5.74) is 9.12. The summed E-state index contributed by atoms with van der Waals surface area (Å²) in [5.74, 6) is -0.292. The third-order valence-electron chi connectivity index (χ3n) is 3.82. The van der Waals surface area contributed by atoms with Crippen LogP contribution in [-0.2, 0) is 11.2 Å². The van der Waals surface area contributed by atoms with E-state index in [0.717, 1.165) is 11.3 Å². The molecular formula is C17H17N3O2. The van der Waals surface area contributed by atoms with E-state index >= 15 is 0 Å². The molecule has 0 aliphatic carbocycles. The van der Waals surface area contributed by atoms with Gasteiger partial charge in [0, 0.05) is 18.3 Å². The van der Waals surface area contributed by atoms with Gasteiger partial charge in [0.2, 0.25) is 5.91 Å². The second kappa shape index (κ2) is 5.61. The van der Waals surface area contributed by atoms with E-state index in [4.69, 9.17) is 5.73 Å². The SMILES string of the molecule is CNC(=O)c1ccc(N2C(=O)C(N)Cc3ccccc32)cc1. The number of fused-ring (bicyclic) bond motifs is 1. The van der Waals surface area contributed by atoms with Crippen molar-refractivity contribution in [2.75, 3.05) is 11.9 Å². The number of benzene rings is 2. The smallest absolute Gasteiger partial charge is 0.251 e.